The Morgan fingerprint density at radius 1 is 1.19 bits per heavy atom. The molecule has 0 spiro atoms. The third kappa shape index (κ3) is 6.40. The van der Waals surface area contributed by atoms with E-state index >= 15 is 0 Å². The van der Waals surface area contributed by atoms with Gasteiger partial charge in [-0.3, -0.25) is 14.5 Å². The van der Waals surface area contributed by atoms with Crippen LogP contribution in [-0.4, -0.2) is 61.5 Å². The fraction of sp³-hybridized carbons (Fsp3) is 0.818. The third-order valence-electron chi connectivity index (χ3n) is 2.02. The summed E-state index contributed by atoms with van der Waals surface area (Å²) in [5.41, 5.74) is 0. The first-order valence-corrected chi connectivity index (χ1v) is 5.48. The van der Waals surface area contributed by atoms with Gasteiger partial charge in [-0.05, 0) is 20.4 Å². The number of ether oxygens (including phenoxy) is 1. The number of nitrogens with zero attached hydrogens (tertiary/aromatic N) is 2. The number of carbonyl (C=O) groups is 2. The van der Waals surface area contributed by atoms with Crippen molar-refractivity contribution in [2.75, 3.05) is 33.7 Å². The second-order valence-corrected chi connectivity index (χ2v) is 4.13. The normalized spacial score (nSPS) is 10.7. The molecule has 5 heteroatoms. The van der Waals surface area contributed by atoms with Crippen LogP contribution in [0.15, 0.2) is 0 Å². The summed E-state index contributed by atoms with van der Waals surface area (Å²) in [5.74, 6) is -0.303. The molecule has 0 radical (unpaired) electrons. The van der Waals surface area contributed by atoms with E-state index in [2.05, 4.69) is 0 Å². The van der Waals surface area contributed by atoms with Crippen LogP contribution in [0.25, 0.3) is 0 Å². The number of rotatable bonds is 6. The molecule has 0 N–H and O–H groups in total. The molecule has 0 heterocycles. The molecule has 0 saturated heterocycles. The zero-order valence-corrected chi connectivity index (χ0v) is 10.8. The standard InChI is InChI=1S/C11H22N2O3/c1-6-13(7-10(14)12(4)5)8-11(15)16-9(2)3/h9H,6-8H2,1-5H3. The minimum absolute atomic E-state index is 0.0146. The fourth-order valence-corrected chi connectivity index (χ4v) is 1.09. The lowest BCUT2D eigenvalue weighted by atomic mass is 10.4. The molecule has 0 aliphatic rings. The third-order valence-corrected chi connectivity index (χ3v) is 2.02. The van der Waals surface area contributed by atoms with Gasteiger partial charge in [0.15, 0.2) is 0 Å². The van der Waals surface area contributed by atoms with E-state index in [0.717, 1.165) is 0 Å². The summed E-state index contributed by atoms with van der Waals surface area (Å²) in [4.78, 5) is 26.1. The number of likely N-dealkylation sites (N-methyl/N-ethyl adjacent to an activating group) is 2. The Bertz CT molecular complexity index is 239. The summed E-state index contributed by atoms with van der Waals surface area (Å²) < 4.78 is 5.02. The minimum Gasteiger partial charge on any atom is -0.462 e. The molecule has 0 aliphatic carbocycles. The highest BCUT2D eigenvalue weighted by Gasteiger charge is 2.15. The van der Waals surface area contributed by atoms with Crippen LogP contribution in [0, 0.1) is 0 Å². The van der Waals surface area contributed by atoms with Crippen LogP contribution < -0.4 is 0 Å². The van der Waals surface area contributed by atoms with Gasteiger partial charge in [-0.15, -0.1) is 0 Å². The van der Waals surface area contributed by atoms with Crippen LogP contribution in [0.3, 0.4) is 0 Å². The molecule has 0 unspecified atom stereocenters. The molecule has 0 aromatic heterocycles. The first kappa shape index (κ1) is 14.9. The summed E-state index contributed by atoms with van der Waals surface area (Å²) in [6.45, 7) is 6.57. The van der Waals surface area contributed by atoms with Crippen molar-refractivity contribution in [3.05, 3.63) is 0 Å². The zero-order valence-electron chi connectivity index (χ0n) is 10.8. The largest absolute Gasteiger partial charge is 0.462 e. The molecule has 0 bridgehead atoms. The molecule has 94 valence electrons. The highest BCUT2D eigenvalue weighted by molar-refractivity contribution is 5.79. The van der Waals surface area contributed by atoms with Gasteiger partial charge in [0, 0.05) is 14.1 Å². The molecular formula is C11H22N2O3. The quantitative estimate of drug-likeness (QED) is 0.618. The summed E-state index contributed by atoms with van der Waals surface area (Å²) in [7, 11) is 3.39. The van der Waals surface area contributed by atoms with Crippen LogP contribution in [-0.2, 0) is 14.3 Å². The average molecular weight is 230 g/mol. The molecule has 0 rings (SSSR count). The first-order chi connectivity index (χ1) is 7.36. The summed E-state index contributed by atoms with van der Waals surface area (Å²) in [5, 5.41) is 0. The lowest BCUT2D eigenvalue weighted by molar-refractivity contribution is -0.149. The van der Waals surface area contributed by atoms with Gasteiger partial charge in [0.25, 0.3) is 0 Å². The Morgan fingerprint density at radius 3 is 2.12 bits per heavy atom. The molecule has 0 aromatic carbocycles. The summed E-state index contributed by atoms with van der Waals surface area (Å²) in [6, 6.07) is 0. The van der Waals surface area contributed by atoms with Crippen molar-refractivity contribution in [3.63, 3.8) is 0 Å². The monoisotopic (exact) mass is 230 g/mol. The van der Waals surface area contributed by atoms with E-state index in [4.69, 9.17) is 4.74 Å². The van der Waals surface area contributed by atoms with Crippen molar-refractivity contribution >= 4 is 11.9 Å². The molecule has 16 heavy (non-hydrogen) atoms. The van der Waals surface area contributed by atoms with Crippen LogP contribution in [0.5, 0.6) is 0 Å². The molecule has 0 fully saturated rings. The average Bonchev–Trinajstić information content (AvgIpc) is 2.14. The maximum atomic E-state index is 11.4. The lowest BCUT2D eigenvalue weighted by Crippen LogP contribution is -2.40. The smallest absolute Gasteiger partial charge is 0.320 e. The number of hydrogen-bond donors (Lipinski definition) is 0. The molecular weight excluding hydrogens is 208 g/mol. The minimum atomic E-state index is -0.289. The summed E-state index contributed by atoms with van der Waals surface area (Å²) in [6.07, 6.45) is -0.115. The number of hydrogen-bond acceptors (Lipinski definition) is 4. The van der Waals surface area contributed by atoms with Gasteiger partial charge in [-0.1, -0.05) is 6.92 Å². The van der Waals surface area contributed by atoms with Crippen molar-refractivity contribution in [2.24, 2.45) is 0 Å². The predicted molar refractivity (Wildman–Crippen MR) is 62.0 cm³/mol. The van der Waals surface area contributed by atoms with Crippen LogP contribution in [0.1, 0.15) is 20.8 Å². The SMILES string of the molecule is CCN(CC(=O)OC(C)C)CC(=O)N(C)C. The van der Waals surface area contributed by atoms with Gasteiger partial charge in [0.2, 0.25) is 5.91 Å². The molecule has 1 amide bonds. The number of esters is 1. The number of amides is 1. The highest BCUT2D eigenvalue weighted by Crippen LogP contribution is 1.95. The highest BCUT2D eigenvalue weighted by atomic mass is 16.5. The lowest BCUT2D eigenvalue weighted by Gasteiger charge is -2.21. The van der Waals surface area contributed by atoms with E-state index in [1.807, 2.05) is 6.92 Å². The van der Waals surface area contributed by atoms with Crippen LogP contribution >= 0.6 is 0 Å². The van der Waals surface area contributed by atoms with Crippen LogP contribution in [0.2, 0.25) is 0 Å². The van der Waals surface area contributed by atoms with Gasteiger partial charge >= 0.3 is 5.97 Å². The maximum absolute atomic E-state index is 11.4. The predicted octanol–water partition coefficient (Wildman–Crippen LogP) is 0.348. The van der Waals surface area contributed by atoms with Gasteiger partial charge in [-0.25, -0.2) is 0 Å². The Kier molecular flexibility index (Phi) is 6.72. The van der Waals surface area contributed by atoms with E-state index < -0.39 is 0 Å². The molecule has 0 saturated carbocycles. The van der Waals surface area contributed by atoms with Crippen molar-refractivity contribution in [3.8, 4) is 0 Å². The van der Waals surface area contributed by atoms with Gasteiger partial charge < -0.3 is 9.64 Å². The van der Waals surface area contributed by atoms with Crippen molar-refractivity contribution in [1.82, 2.24) is 9.80 Å². The molecule has 5 nitrogen and oxygen atoms in total. The second-order valence-electron chi connectivity index (χ2n) is 4.13. The molecule has 0 aliphatic heterocycles. The zero-order chi connectivity index (χ0) is 12.7. The Labute approximate surface area is 97.3 Å². The Morgan fingerprint density at radius 2 is 1.75 bits per heavy atom. The Balaban J connectivity index is 4.10. The van der Waals surface area contributed by atoms with Crippen LogP contribution in [0.4, 0.5) is 0 Å². The van der Waals surface area contributed by atoms with E-state index in [1.165, 1.54) is 4.90 Å². The Hall–Kier alpha value is -1.10. The van der Waals surface area contributed by atoms with Crippen molar-refractivity contribution < 1.29 is 14.3 Å². The maximum Gasteiger partial charge on any atom is 0.320 e. The molecule has 0 atom stereocenters. The number of carbonyl (C=O) groups excluding carboxylic acids is 2. The van der Waals surface area contributed by atoms with Gasteiger partial charge in [-0.2, -0.15) is 0 Å². The van der Waals surface area contributed by atoms with E-state index in [0.29, 0.717) is 6.54 Å². The van der Waals surface area contributed by atoms with Gasteiger partial charge in [0.05, 0.1) is 19.2 Å². The van der Waals surface area contributed by atoms with E-state index in [9.17, 15) is 9.59 Å². The second kappa shape index (κ2) is 7.22. The summed E-state index contributed by atoms with van der Waals surface area (Å²) >= 11 is 0. The first-order valence-electron chi connectivity index (χ1n) is 5.48. The fourth-order valence-electron chi connectivity index (χ4n) is 1.09. The van der Waals surface area contributed by atoms with Crippen molar-refractivity contribution in [1.29, 1.82) is 0 Å². The van der Waals surface area contributed by atoms with Gasteiger partial charge in [0.1, 0.15) is 0 Å². The van der Waals surface area contributed by atoms with E-state index in [-0.39, 0.29) is 31.1 Å². The van der Waals surface area contributed by atoms with Crippen molar-refractivity contribution in [2.45, 2.75) is 26.9 Å². The topological polar surface area (TPSA) is 49.9 Å². The van der Waals surface area contributed by atoms with E-state index in [1.54, 1.807) is 32.8 Å². The molecule has 0 aromatic rings.